The normalized spacial score (nSPS) is 26.4. The number of carboxylic acids is 1. The van der Waals surface area contributed by atoms with Crippen LogP contribution in [0.1, 0.15) is 32.1 Å². The fraction of sp³-hybridized carbons (Fsp3) is 0.846. The van der Waals surface area contributed by atoms with E-state index >= 15 is 0 Å². The Bertz CT molecular complexity index is 372. The van der Waals surface area contributed by atoms with Crippen molar-refractivity contribution < 1.29 is 24.9 Å². The van der Waals surface area contributed by atoms with Gasteiger partial charge in [0.05, 0.1) is 6.10 Å². The summed E-state index contributed by atoms with van der Waals surface area (Å²) in [6, 6.07) is -1.14. The Morgan fingerprint density at radius 3 is 2.50 bits per heavy atom. The van der Waals surface area contributed by atoms with Gasteiger partial charge in [0.1, 0.15) is 6.04 Å². The molecule has 2 amide bonds. The Morgan fingerprint density at radius 2 is 2.00 bits per heavy atom. The number of hydrogen-bond donors (Lipinski definition) is 3. The highest BCUT2D eigenvalue weighted by atomic mass is 16.4. The topological polar surface area (TPSA) is 101 Å². The summed E-state index contributed by atoms with van der Waals surface area (Å²) in [7, 11) is 0. The van der Waals surface area contributed by atoms with Crippen molar-refractivity contribution in [2.45, 2.75) is 50.3 Å². The van der Waals surface area contributed by atoms with Gasteiger partial charge in [-0.2, -0.15) is 0 Å². The lowest BCUT2D eigenvalue weighted by Gasteiger charge is -2.40. The number of nitrogens with zero attached hydrogens (tertiary/aromatic N) is 2. The van der Waals surface area contributed by atoms with Crippen molar-refractivity contribution in [2.75, 3.05) is 19.7 Å². The molecule has 0 unspecified atom stereocenters. The van der Waals surface area contributed by atoms with Gasteiger partial charge in [0.15, 0.2) is 0 Å². The van der Waals surface area contributed by atoms with Crippen molar-refractivity contribution in [2.24, 2.45) is 0 Å². The molecule has 1 saturated heterocycles. The number of carbonyl (C=O) groups excluding carboxylic acids is 1. The first-order valence-electron chi connectivity index (χ1n) is 7.13. The second-order valence-corrected chi connectivity index (χ2v) is 5.53. The van der Waals surface area contributed by atoms with E-state index in [-0.39, 0.29) is 31.6 Å². The molecule has 7 nitrogen and oxygen atoms in total. The molecular weight excluding hydrogens is 264 g/mol. The van der Waals surface area contributed by atoms with Crippen LogP contribution in [0.5, 0.6) is 0 Å². The van der Waals surface area contributed by atoms with E-state index in [1.165, 1.54) is 4.90 Å². The largest absolute Gasteiger partial charge is 0.480 e. The second kappa shape index (κ2) is 6.41. The van der Waals surface area contributed by atoms with Gasteiger partial charge in [-0.15, -0.1) is 0 Å². The third kappa shape index (κ3) is 3.04. The van der Waals surface area contributed by atoms with Crippen molar-refractivity contribution in [1.29, 1.82) is 0 Å². The number of aliphatic hydroxyl groups is 2. The van der Waals surface area contributed by atoms with E-state index in [2.05, 4.69) is 0 Å². The molecule has 2 aliphatic rings. The minimum absolute atomic E-state index is 0.00147. The molecular formula is C13H22N2O5. The maximum absolute atomic E-state index is 12.5. The number of amides is 2. The lowest BCUT2D eigenvalue weighted by atomic mass is 9.91. The second-order valence-electron chi connectivity index (χ2n) is 5.53. The maximum atomic E-state index is 12.5. The average molecular weight is 286 g/mol. The van der Waals surface area contributed by atoms with Crippen LogP contribution in [-0.2, 0) is 4.79 Å². The van der Waals surface area contributed by atoms with Gasteiger partial charge in [-0.3, -0.25) is 0 Å². The predicted octanol–water partition coefficient (Wildman–Crippen LogP) is -0.137. The monoisotopic (exact) mass is 286 g/mol. The zero-order valence-electron chi connectivity index (χ0n) is 11.4. The van der Waals surface area contributed by atoms with E-state index in [0.717, 1.165) is 19.3 Å². The zero-order valence-corrected chi connectivity index (χ0v) is 11.4. The predicted molar refractivity (Wildman–Crippen MR) is 70.2 cm³/mol. The summed E-state index contributed by atoms with van der Waals surface area (Å²) in [5, 5.41) is 27.7. The summed E-state index contributed by atoms with van der Waals surface area (Å²) < 4.78 is 0. The first kappa shape index (κ1) is 15.1. The molecule has 0 aromatic heterocycles. The Morgan fingerprint density at radius 1 is 1.30 bits per heavy atom. The number of hydrogen-bond acceptors (Lipinski definition) is 4. The van der Waals surface area contributed by atoms with Crippen molar-refractivity contribution in [3.63, 3.8) is 0 Å². The molecule has 7 heteroatoms. The van der Waals surface area contributed by atoms with Crippen molar-refractivity contribution in [3.8, 4) is 0 Å². The van der Waals surface area contributed by atoms with Crippen LogP contribution in [0.3, 0.4) is 0 Å². The summed E-state index contributed by atoms with van der Waals surface area (Å²) in [6.45, 7) is 0.499. The van der Waals surface area contributed by atoms with Gasteiger partial charge in [0.25, 0.3) is 0 Å². The lowest BCUT2D eigenvalue weighted by molar-refractivity contribution is -0.141. The lowest BCUT2D eigenvalue weighted by Crippen LogP contribution is -2.53. The van der Waals surface area contributed by atoms with Crippen LogP contribution in [0.4, 0.5) is 4.79 Å². The van der Waals surface area contributed by atoms with E-state index in [9.17, 15) is 14.7 Å². The Labute approximate surface area is 117 Å². The van der Waals surface area contributed by atoms with Gasteiger partial charge in [0.2, 0.25) is 0 Å². The minimum Gasteiger partial charge on any atom is -0.480 e. The van der Waals surface area contributed by atoms with Crippen LogP contribution in [0.15, 0.2) is 0 Å². The van der Waals surface area contributed by atoms with Crippen LogP contribution < -0.4 is 0 Å². The number of aliphatic hydroxyl groups excluding tert-OH is 2. The summed E-state index contributed by atoms with van der Waals surface area (Å²) in [5.41, 5.74) is 0. The number of β-amino-alcohol motifs (C(OH)–C–C–N with tert-alkyl or cyclic N) is 1. The molecule has 0 spiro atoms. The molecule has 0 aromatic rings. The van der Waals surface area contributed by atoms with Crippen LogP contribution >= 0.6 is 0 Å². The third-order valence-corrected chi connectivity index (χ3v) is 4.13. The van der Waals surface area contributed by atoms with Crippen molar-refractivity contribution >= 4 is 12.0 Å². The van der Waals surface area contributed by atoms with E-state index in [1.807, 2.05) is 0 Å². The molecule has 2 fully saturated rings. The standard InChI is InChI=1S/C13H22N2O5/c16-6-2-5-14(9-3-1-4-9)13(20)15-8-10(17)7-11(15)12(18)19/h9-11,16-17H,1-8H2,(H,18,19)/t10-,11-/m0/s1. The van der Waals surface area contributed by atoms with Crippen molar-refractivity contribution in [3.05, 3.63) is 0 Å². The van der Waals surface area contributed by atoms with E-state index in [1.54, 1.807) is 4.90 Å². The SMILES string of the molecule is O=C(O)[C@@H]1C[C@H](O)CN1C(=O)N(CCCO)C1CCC1. The van der Waals surface area contributed by atoms with Crippen molar-refractivity contribution in [1.82, 2.24) is 9.80 Å². The molecule has 2 rings (SSSR count). The van der Waals surface area contributed by atoms with Crippen LogP contribution in [0, 0.1) is 0 Å². The smallest absolute Gasteiger partial charge is 0.326 e. The summed E-state index contributed by atoms with van der Waals surface area (Å²) in [4.78, 5) is 26.6. The molecule has 114 valence electrons. The molecule has 1 aliphatic heterocycles. The average Bonchev–Trinajstić information content (AvgIpc) is 2.73. The molecule has 3 N–H and O–H groups in total. The Balaban J connectivity index is 2.07. The number of rotatable bonds is 5. The molecule has 2 atom stereocenters. The third-order valence-electron chi connectivity index (χ3n) is 4.13. The molecule has 1 heterocycles. The summed E-state index contributed by atoms with van der Waals surface area (Å²) in [6.07, 6.45) is 2.70. The highest BCUT2D eigenvalue weighted by Gasteiger charge is 2.42. The maximum Gasteiger partial charge on any atom is 0.326 e. The highest BCUT2D eigenvalue weighted by Crippen LogP contribution is 2.28. The summed E-state index contributed by atoms with van der Waals surface area (Å²) >= 11 is 0. The van der Waals surface area contributed by atoms with Gasteiger partial charge >= 0.3 is 12.0 Å². The number of carbonyl (C=O) groups is 2. The molecule has 20 heavy (non-hydrogen) atoms. The van der Waals surface area contributed by atoms with Crippen LogP contribution in [0.2, 0.25) is 0 Å². The van der Waals surface area contributed by atoms with Gasteiger partial charge in [-0.1, -0.05) is 0 Å². The molecule has 1 aliphatic carbocycles. The van der Waals surface area contributed by atoms with Gasteiger partial charge < -0.3 is 25.1 Å². The highest BCUT2D eigenvalue weighted by molar-refractivity contribution is 5.83. The number of aliphatic carboxylic acids is 1. The minimum atomic E-state index is -1.08. The van der Waals surface area contributed by atoms with E-state index in [4.69, 9.17) is 10.2 Å². The molecule has 0 radical (unpaired) electrons. The zero-order chi connectivity index (χ0) is 14.7. The molecule has 1 saturated carbocycles. The first-order chi connectivity index (χ1) is 9.54. The van der Waals surface area contributed by atoms with E-state index in [0.29, 0.717) is 13.0 Å². The Hall–Kier alpha value is -1.34. The van der Waals surface area contributed by atoms with Crippen LogP contribution in [-0.4, -0.2) is 75.0 Å². The van der Waals surface area contributed by atoms with Gasteiger partial charge in [0, 0.05) is 32.2 Å². The fourth-order valence-electron chi connectivity index (χ4n) is 2.80. The Kier molecular flexibility index (Phi) is 4.82. The number of carboxylic acid groups (broad SMARTS) is 1. The van der Waals surface area contributed by atoms with E-state index < -0.39 is 18.1 Å². The van der Waals surface area contributed by atoms with Gasteiger partial charge in [-0.25, -0.2) is 9.59 Å². The fourth-order valence-corrected chi connectivity index (χ4v) is 2.80. The quantitative estimate of drug-likeness (QED) is 0.653. The molecule has 0 aromatic carbocycles. The number of likely N-dealkylation sites (tertiary alicyclic amines) is 1. The van der Waals surface area contributed by atoms with Crippen LogP contribution in [0.25, 0.3) is 0 Å². The van der Waals surface area contributed by atoms with Gasteiger partial charge in [-0.05, 0) is 25.7 Å². The summed E-state index contributed by atoms with van der Waals surface area (Å²) in [5.74, 6) is -1.08. The number of urea groups is 1. The first-order valence-corrected chi connectivity index (χ1v) is 7.13. The molecule has 0 bridgehead atoms.